The van der Waals surface area contributed by atoms with Crippen molar-refractivity contribution in [1.82, 2.24) is 9.66 Å². The fourth-order valence-electron chi connectivity index (χ4n) is 1.91. The van der Waals surface area contributed by atoms with Gasteiger partial charge in [0.05, 0.1) is 16.6 Å². The Hall–Kier alpha value is -2.40. The lowest BCUT2D eigenvalue weighted by molar-refractivity contribution is 0.860. The van der Waals surface area contributed by atoms with Crippen molar-refractivity contribution in [3.63, 3.8) is 0 Å². The Kier molecular flexibility index (Phi) is 2.89. The zero-order valence-corrected chi connectivity index (χ0v) is 10.8. The third-order valence-corrected chi connectivity index (χ3v) is 3.10. The van der Waals surface area contributed by atoms with E-state index >= 15 is 0 Å². The zero-order valence-electron chi connectivity index (χ0n) is 9.96. The molecule has 19 heavy (non-hydrogen) atoms. The summed E-state index contributed by atoms with van der Waals surface area (Å²) in [4.78, 5) is 15.4. The van der Waals surface area contributed by atoms with Crippen LogP contribution >= 0.6 is 12.2 Å². The molecule has 1 heterocycles. The van der Waals surface area contributed by atoms with E-state index in [-0.39, 0.29) is 5.56 Å². The van der Waals surface area contributed by atoms with Crippen LogP contribution in [0.3, 0.4) is 0 Å². The smallest absolute Gasteiger partial charge is 0.281 e. The van der Waals surface area contributed by atoms with Crippen LogP contribution in [-0.2, 0) is 0 Å². The molecule has 1 aromatic heterocycles. The summed E-state index contributed by atoms with van der Waals surface area (Å²) < 4.78 is 1.68. The summed E-state index contributed by atoms with van der Waals surface area (Å²) in [6.07, 6.45) is 0. The molecule has 5 heteroatoms. The van der Waals surface area contributed by atoms with E-state index in [4.69, 9.17) is 12.2 Å². The van der Waals surface area contributed by atoms with Crippen molar-refractivity contribution in [1.29, 1.82) is 0 Å². The van der Waals surface area contributed by atoms with Gasteiger partial charge in [0.25, 0.3) is 5.56 Å². The molecule has 0 aliphatic heterocycles. The quantitative estimate of drug-likeness (QED) is 0.703. The summed E-state index contributed by atoms with van der Waals surface area (Å²) in [6, 6.07) is 16.7. The van der Waals surface area contributed by atoms with Crippen molar-refractivity contribution in [2.24, 2.45) is 0 Å². The molecule has 4 nitrogen and oxygen atoms in total. The molecule has 0 unspecified atom stereocenters. The number of hydrogen-bond acceptors (Lipinski definition) is 3. The van der Waals surface area contributed by atoms with Crippen LogP contribution in [0.25, 0.3) is 10.9 Å². The van der Waals surface area contributed by atoms with E-state index in [2.05, 4.69) is 10.4 Å². The number of para-hydroxylation sites is 2. The molecular weight excluding hydrogens is 258 g/mol. The lowest BCUT2D eigenvalue weighted by Gasteiger charge is -2.10. The van der Waals surface area contributed by atoms with Crippen molar-refractivity contribution in [3.8, 4) is 0 Å². The van der Waals surface area contributed by atoms with E-state index in [1.807, 2.05) is 48.5 Å². The van der Waals surface area contributed by atoms with Crippen LogP contribution in [0.5, 0.6) is 0 Å². The molecule has 0 radical (unpaired) electrons. The first-order valence-corrected chi connectivity index (χ1v) is 6.23. The highest BCUT2D eigenvalue weighted by atomic mass is 32.1. The van der Waals surface area contributed by atoms with Crippen molar-refractivity contribution < 1.29 is 0 Å². The molecule has 0 atom stereocenters. The summed E-state index contributed by atoms with van der Waals surface area (Å²) >= 11 is 5.21. The van der Waals surface area contributed by atoms with E-state index in [1.165, 1.54) is 4.68 Å². The molecule has 0 saturated carbocycles. The molecule has 0 bridgehead atoms. The highest BCUT2D eigenvalue weighted by Crippen LogP contribution is 2.08. The van der Waals surface area contributed by atoms with Crippen LogP contribution in [0.15, 0.2) is 59.4 Å². The second kappa shape index (κ2) is 4.70. The molecule has 3 rings (SSSR count). The average Bonchev–Trinajstić information content (AvgIpc) is 2.45. The second-order valence-electron chi connectivity index (χ2n) is 4.09. The first kappa shape index (κ1) is 11.7. The molecule has 0 aliphatic rings. The van der Waals surface area contributed by atoms with Crippen LogP contribution in [0.2, 0.25) is 0 Å². The molecule has 2 aromatic carbocycles. The Labute approximate surface area is 114 Å². The number of H-pyrrole nitrogens is 1. The molecule has 0 fully saturated rings. The van der Waals surface area contributed by atoms with Gasteiger partial charge in [0.2, 0.25) is 0 Å². The van der Waals surface area contributed by atoms with E-state index in [1.54, 1.807) is 6.07 Å². The third kappa shape index (κ3) is 2.15. The zero-order chi connectivity index (χ0) is 13.2. The molecule has 0 aliphatic carbocycles. The Bertz CT molecular complexity index is 836. The van der Waals surface area contributed by atoms with Crippen molar-refractivity contribution in [3.05, 3.63) is 69.7 Å². The van der Waals surface area contributed by atoms with Crippen molar-refractivity contribution in [2.45, 2.75) is 0 Å². The van der Waals surface area contributed by atoms with Crippen molar-refractivity contribution >= 4 is 28.8 Å². The second-order valence-corrected chi connectivity index (χ2v) is 4.48. The minimum atomic E-state index is -0.164. The molecule has 0 saturated heterocycles. The lowest BCUT2D eigenvalue weighted by atomic mass is 10.2. The monoisotopic (exact) mass is 269 g/mol. The van der Waals surface area contributed by atoms with Gasteiger partial charge in [0.1, 0.15) is 0 Å². The van der Waals surface area contributed by atoms with E-state index in [9.17, 15) is 4.79 Å². The largest absolute Gasteiger partial charge is 0.330 e. The average molecular weight is 269 g/mol. The molecule has 2 N–H and O–H groups in total. The number of nitrogens with zero attached hydrogens (tertiary/aromatic N) is 1. The summed E-state index contributed by atoms with van der Waals surface area (Å²) in [5.74, 6) is 0. The molecular formula is C14H11N3OS. The fraction of sp³-hybridized carbons (Fsp3) is 0. The van der Waals surface area contributed by atoms with Crippen molar-refractivity contribution in [2.75, 3.05) is 5.43 Å². The number of anilines is 1. The summed E-state index contributed by atoms with van der Waals surface area (Å²) in [5.41, 5.74) is 4.38. The van der Waals surface area contributed by atoms with Gasteiger partial charge in [0, 0.05) is 0 Å². The number of hydrogen-bond donors (Lipinski definition) is 2. The maximum Gasteiger partial charge on any atom is 0.281 e. The summed E-state index contributed by atoms with van der Waals surface area (Å²) in [7, 11) is 0. The SMILES string of the molecule is O=c1c2ccccc2[nH]c(=S)n1Nc1ccccc1. The molecule has 0 spiro atoms. The number of aromatic amines is 1. The minimum Gasteiger partial charge on any atom is -0.330 e. The van der Waals surface area contributed by atoms with E-state index < -0.39 is 0 Å². The predicted octanol–water partition coefficient (Wildman–Crippen LogP) is 2.93. The number of benzene rings is 2. The van der Waals surface area contributed by atoms with Crippen LogP contribution in [0.1, 0.15) is 0 Å². The normalized spacial score (nSPS) is 10.5. The number of aromatic nitrogens is 2. The molecule has 94 valence electrons. The van der Waals surface area contributed by atoms with Gasteiger partial charge in [-0.3, -0.25) is 10.2 Å². The molecule has 0 amide bonds. The maximum absolute atomic E-state index is 12.4. The topological polar surface area (TPSA) is 49.8 Å². The van der Waals surface area contributed by atoms with Crippen LogP contribution < -0.4 is 11.0 Å². The first-order chi connectivity index (χ1) is 9.25. The highest BCUT2D eigenvalue weighted by Gasteiger charge is 2.04. The summed E-state index contributed by atoms with van der Waals surface area (Å²) in [6.45, 7) is 0. The summed E-state index contributed by atoms with van der Waals surface area (Å²) in [5, 5.41) is 0.597. The first-order valence-electron chi connectivity index (χ1n) is 5.82. The van der Waals surface area contributed by atoms with Gasteiger partial charge in [-0.05, 0) is 36.5 Å². The maximum atomic E-state index is 12.4. The Balaban J connectivity index is 2.19. The van der Waals surface area contributed by atoms with Gasteiger partial charge in [-0.15, -0.1) is 0 Å². The third-order valence-electron chi connectivity index (χ3n) is 2.82. The van der Waals surface area contributed by atoms with Gasteiger partial charge < -0.3 is 4.98 Å². The van der Waals surface area contributed by atoms with E-state index in [0.29, 0.717) is 10.2 Å². The molecule has 3 aromatic rings. The minimum absolute atomic E-state index is 0.164. The number of fused-ring (bicyclic) bond motifs is 1. The Morgan fingerprint density at radius 2 is 1.68 bits per heavy atom. The van der Waals surface area contributed by atoms with Crippen LogP contribution in [0.4, 0.5) is 5.69 Å². The van der Waals surface area contributed by atoms with Crippen LogP contribution in [0, 0.1) is 4.77 Å². The standard InChI is InChI=1S/C14H11N3OS/c18-13-11-8-4-5-9-12(11)15-14(19)17(13)16-10-6-2-1-3-7-10/h1-9,16H,(H,15,19). The Morgan fingerprint density at radius 3 is 2.47 bits per heavy atom. The van der Waals surface area contributed by atoms with Gasteiger partial charge in [-0.1, -0.05) is 30.3 Å². The van der Waals surface area contributed by atoms with Gasteiger partial charge in [-0.2, -0.15) is 4.68 Å². The lowest BCUT2D eigenvalue weighted by Crippen LogP contribution is -2.27. The highest BCUT2D eigenvalue weighted by molar-refractivity contribution is 7.71. The number of rotatable bonds is 2. The van der Waals surface area contributed by atoms with Gasteiger partial charge in [-0.25, -0.2) is 0 Å². The fourth-order valence-corrected chi connectivity index (χ4v) is 2.14. The Morgan fingerprint density at radius 1 is 1.00 bits per heavy atom. The van der Waals surface area contributed by atoms with Gasteiger partial charge in [0.15, 0.2) is 4.77 Å². The van der Waals surface area contributed by atoms with Gasteiger partial charge >= 0.3 is 0 Å². The predicted molar refractivity (Wildman–Crippen MR) is 78.9 cm³/mol. The van der Waals surface area contributed by atoms with Crippen LogP contribution in [-0.4, -0.2) is 9.66 Å². The number of nitrogens with one attached hydrogen (secondary N) is 2. The van der Waals surface area contributed by atoms with E-state index in [0.717, 1.165) is 11.2 Å².